The molecule has 0 aliphatic carbocycles. The van der Waals surface area contributed by atoms with Gasteiger partial charge in [0, 0.05) is 58.5 Å². The van der Waals surface area contributed by atoms with Gasteiger partial charge in [0.05, 0.1) is 13.2 Å². The van der Waals surface area contributed by atoms with Gasteiger partial charge in [-0.3, -0.25) is 9.69 Å². The monoisotopic (exact) mass is 396 g/mol. The molecular formula is C22H28N4O3. The lowest BCUT2D eigenvalue weighted by Crippen LogP contribution is -2.41. The van der Waals surface area contributed by atoms with E-state index >= 15 is 0 Å². The molecule has 0 saturated carbocycles. The van der Waals surface area contributed by atoms with E-state index in [0.29, 0.717) is 11.8 Å². The Labute approximate surface area is 170 Å². The molecule has 0 radical (unpaired) electrons. The minimum absolute atomic E-state index is 0.0568. The van der Waals surface area contributed by atoms with Crippen LogP contribution in [0.2, 0.25) is 0 Å². The van der Waals surface area contributed by atoms with Crippen LogP contribution in [0.25, 0.3) is 0 Å². The molecule has 0 spiro atoms. The number of pyridine rings is 1. The zero-order valence-electron chi connectivity index (χ0n) is 17.2. The van der Waals surface area contributed by atoms with Crippen molar-refractivity contribution in [2.45, 2.75) is 12.6 Å². The van der Waals surface area contributed by atoms with Crippen LogP contribution >= 0.6 is 0 Å². The molecule has 2 aromatic rings. The molecule has 29 heavy (non-hydrogen) atoms. The number of hydrogen-bond donors (Lipinski definition) is 1. The van der Waals surface area contributed by atoms with Crippen LogP contribution < -0.4 is 10.3 Å². The number of nitrogens with one attached hydrogen (secondary N) is 1. The maximum absolute atomic E-state index is 12.9. The average Bonchev–Trinajstić information content (AvgIpc) is 3.26. The van der Waals surface area contributed by atoms with Gasteiger partial charge < -0.3 is 19.5 Å². The summed E-state index contributed by atoms with van der Waals surface area (Å²) in [6, 6.07) is 11.7. The predicted molar refractivity (Wildman–Crippen MR) is 111 cm³/mol. The number of carbonyl (C=O) groups excluding carboxylic acids is 1. The van der Waals surface area contributed by atoms with Crippen LogP contribution in [0.15, 0.2) is 47.4 Å². The lowest BCUT2D eigenvalue weighted by molar-refractivity contribution is 0.151. The second-order valence-corrected chi connectivity index (χ2v) is 8.23. The highest BCUT2D eigenvalue weighted by Crippen LogP contribution is 2.45. The van der Waals surface area contributed by atoms with Gasteiger partial charge in [-0.2, -0.15) is 0 Å². The quantitative estimate of drug-likeness (QED) is 0.860. The Bertz CT molecular complexity index is 904. The maximum Gasteiger partial charge on any atom is 0.320 e. The highest BCUT2D eigenvalue weighted by atomic mass is 16.5. The molecule has 0 bridgehead atoms. The van der Waals surface area contributed by atoms with Crippen LogP contribution in [0, 0.1) is 11.8 Å². The highest BCUT2D eigenvalue weighted by molar-refractivity contribution is 5.75. The minimum atomic E-state index is -0.0792. The van der Waals surface area contributed by atoms with Crippen molar-refractivity contribution in [1.29, 1.82) is 0 Å². The van der Waals surface area contributed by atoms with E-state index in [-0.39, 0.29) is 17.6 Å². The fourth-order valence-electron chi connectivity index (χ4n) is 4.75. The number of rotatable bonds is 4. The minimum Gasteiger partial charge on any atom is -0.497 e. The Morgan fingerprint density at radius 1 is 1.14 bits per heavy atom. The Morgan fingerprint density at radius 2 is 1.90 bits per heavy atom. The van der Waals surface area contributed by atoms with Gasteiger partial charge in [-0.15, -0.1) is 0 Å². The molecule has 4 rings (SSSR count). The molecule has 3 heterocycles. The van der Waals surface area contributed by atoms with Gasteiger partial charge in [0.2, 0.25) is 5.56 Å². The summed E-state index contributed by atoms with van der Waals surface area (Å²) in [4.78, 5) is 33.0. The summed E-state index contributed by atoms with van der Waals surface area (Å²) in [7, 11) is 5.28. The zero-order chi connectivity index (χ0) is 20.5. The van der Waals surface area contributed by atoms with Gasteiger partial charge in [-0.05, 0) is 29.2 Å². The number of carbonyl (C=O) groups is 1. The maximum atomic E-state index is 12.9. The molecule has 1 N–H and O–H groups in total. The van der Waals surface area contributed by atoms with Gasteiger partial charge in [0.15, 0.2) is 0 Å². The standard InChI is InChI=1S/C22H28N4O3/c1-24(2)22(28)26-13-17-12-25(11-15-4-9-20(27)23-10-15)14-19(17)21(26)16-5-7-18(29-3)8-6-16/h4-10,17,19,21H,11-14H2,1-3H3,(H,23,27)/t17-,19-,21+/m1/s1. The van der Waals surface area contributed by atoms with E-state index < -0.39 is 0 Å². The summed E-state index contributed by atoms with van der Waals surface area (Å²) in [6.07, 6.45) is 1.79. The second kappa shape index (κ2) is 7.91. The number of urea groups is 1. The zero-order valence-corrected chi connectivity index (χ0v) is 17.2. The molecule has 2 aliphatic heterocycles. The van der Waals surface area contributed by atoms with Crippen LogP contribution in [-0.2, 0) is 6.54 Å². The normalized spacial score (nSPS) is 23.8. The Kier molecular flexibility index (Phi) is 5.32. The van der Waals surface area contributed by atoms with E-state index in [0.717, 1.165) is 43.1 Å². The van der Waals surface area contributed by atoms with Crippen LogP contribution in [-0.4, -0.2) is 66.6 Å². The first kappa shape index (κ1) is 19.5. The Morgan fingerprint density at radius 3 is 2.52 bits per heavy atom. The molecule has 0 unspecified atom stereocenters. The number of ether oxygens (including phenoxy) is 1. The SMILES string of the molecule is COc1ccc([C@H]2[C@@H]3CN(Cc4ccc(=O)[nH]c4)C[C@@H]3CN2C(=O)N(C)C)cc1. The number of H-pyrrole nitrogens is 1. The Hall–Kier alpha value is -2.80. The first-order valence-electron chi connectivity index (χ1n) is 9.98. The van der Waals surface area contributed by atoms with Crippen LogP contribution in [0.1, 0.15) is 17.2 Å². The number of nitrogens with zero attached hydrogens (tertiary/aromatic N) is 3. The third-order valence-corrected chi connectivity index (χ3v) is 6.08. The molecule has 2 saturated heterocycles. The summed E-state index contributed by atoms with van der Waals surface area (Å²) < 4.78 is 5.30. The summed E-state index contributed by atoms with van der Waals surface area (Å²) in [5.41, 5.74) is 2.18. The average molecular weight is 396 g/mol. The number of aromatic nitrogens is 1. The van der Waals surface area contributed by atoms with Crippen LogP contribution in [0.5, 0.6) is 5.75 Å². The summed E-state index contributed by atoms with van der Waals surface area (Å²) in [6.45, 7) is 3.45. The lowest BCUT2D eigenvalue weighted by atomic mass is 9.89. The molecule has 1 aromatic heterocycles. The molecule has 1 aromatic carbocycles. The molecule has 7 nitrogen and oxygen atoms in total. The third kappa shape index (κ3) is 3.87. The molecule has 7 heteroatoms. The van der Waals surface area contributed by atoms with E-state index in [1.54, 1.807) is 24.3 Å². The number of likely N-dealkylation sites (tertiary alicyclic amines) is 2. The van der Waals surface area contributed by atoms with E-state index in [4.69, 9.17) is 4.74 Å². The van der Waals surface area contributed by atoms with Gasteiger partial charge >= 0.3 is 6.03 Å². The van der Waals surface area contributed by atoms with Crippen molar-refractivity contribution in [3.05, 3.63) is 64.1 Å². The molecule has 2 aliphatic rings. The largest absolute Gasteiger partial charge is 0.497 e. The van der Waals surface area contributed by atoms with Gasteiger partial charge in [0.25, 0.3) is 0 Å². The second-order valence-electron chi connectivity index (χ2n) is 8.23. The fraction of sp³-hybridized carbons (Fsp3) is 0.455. The molecule has 2 fully saturated rings. The van der Waals surface area contributed by atoms with Crippen molar-refractivity contribution in [1.82, 2.24) is 19.7 Å². The highest BCUT2D eigenvalue weighted by Gasteiger charge is 2.49. The molecule has 3 atom stereocenters. The first-order chi connectivity index (χ1) is 14.0. The number of benzene rings is 1. The lowest BCUT2D eigenvalue weighted by Gasteiger charge is -2.32. The summed E-state index contributed by atoms with van der Waals surface area (Å²) >= 11 is 0. The first-order valence-corrected chi connectivity index (χ1v) is 9.98. The molecule has 154 valence electrons. The van der Waals surface area contributed by atoms with E-state index in [1.165, 1.54) is 0 Å². The van der Waals surface area contributed by atoms with Gasteiger partial charge in [0.1, 0.15) is 5.75 Å². The van der Waals surface area contributed by atoms with E-state index in [2.05, 4.69) is 22.0 Å². The smallest absolute Gasteiger partial charge is 0.320 e. The number of fused-ring (bicyclic) bond motifs is 1. The molecule has 2 amide bonds. The van der Waals surface area contributed by atoms with Gasteiger partial charge in [-0.1, -0.05) is 18.2 Å². The van der Waals surface area contributed by atoms with Crippen molar-refractivity contribution >= 4 is 6.03 Å². The van der Waals surface area contributed by atoms with Crippen molar-refractivity contribution in [3.63, 3.8) is 0 Å². The van der Waals surface area contributed by atoms with E-state index in [9.17, 15) is 9.59 Å². The van der Waals surface area contributed by atoms with Crippen molar-refractivity contribution < 1.29 is 9.53 Å². The van der Waals surface area contributed by atoms with Crippen molar-refractivity contribution in [2.75, 3.05) is 40.8 Å². The number of methoxy groups -OCH3 is 1. The van der Waals surface area contributed by atoms with E-state index in [1.807, 2.05) is 37.2 Å². The van der Waals surface area contributed by atoms with Gasteiger partial charge in [-0.25, -0.2) is 4.79 Å². The number of hydrogen-bond acceptors (Lipinski definition) is 4. The topological polar surface area (TPSA) is 68.9 Å². The summed E-state index contributed by atoms with van der Waals surface area (Å²) in [5, 5.41) is 0. The fourth-order valence-corrected chi connectivity index (χ4v) is 4.75. The van der Waals surface area contributed by atoms with Crippen molar-refractivity contribution in [3.8, 4) is 5.75 Å². The number of amides is 2. The number of aromatic amines is 1. The third-order valence-electron chi connectivity index (χ3n) is 6.08. The Balaban J connectivity index is 1.56. The van der Waals surface area contributed by atoms with Crippen LogP contribution in [0.4, 0.5) is 4.79 Å². The summed E-state index contributed by atoms with van der Waals surface area (Å²) in [5.74, 6) is 1.64. The van der Waals surface area contributed by atoms with Crippen molar-refractivity contribution in [2.24, 2.45) is 11.8 Å². The van der Waals surface area contributed by atoms with Crippen LogP contribution in [0.3, 0.4) is 0 Å². The molecular weight excluding hydrogens is 368 g/mol. The predicted octanol–water partition coefficient (Wildman–Crippen LogP) is 2.17.